The molecule has 0 spiro atoms. The molecule has 0 heterocycles. The minimum atomic E-state index is -0.554. The lowest BCUT2D eigenvalue weighted by molar-refractivity contribution is -0.121. The van der Waals surface area contributed by atoms with Gasteiger partial charge in [0, 0.05) is 13.1 Å². The molecule has 5 nitrogen and oxygen atoms in total. The highest BCUT2D eigenvalue weighted by Crippen LogP contribution is 2.06. The van der Waals surface area contributed by atoms with Gasteiger partial charge in [0.2, 0.25) is 5.91 Å². The maximum absolute atomic E-state index is 13.1. The van der Waals surface area contributed by atoms with E-state index in [1.165, 1.54) is 18.2 Å². The molecule has 1 aromatic rings. The first-order valence-corrected chi connectivity index (χ1v) is 6.70. The van der Waals surface area contributed by atoms with E-state index in [0.29, 0.717) is 19.6 Å². The van der Waals surface area contributed by atoms with E-state index in [1.54, 1.807) is 12.1 Å². The first-order chi connectivity index (χ1) is 10.0. The predicted molar refractivity (Wildman–Crippen MR) is 79.1 cm³/mol. The van der Waals surface area contributed by atoms with Crippen LogP contribution in [0.5, 0.6) is 0 Å². The standard InChI is InChI=1S/C15H20FN3O2/c1-3-8-17-15(21)18-14(20)11-19(4-2)10-12-6-5-7-13(16)9-12/h3,5-7,9H,1,4,8,10-11H2,2H3,(H2,17,18,20,21). The van der Waals surface area contributed by atoms with Gasteiger partial charge in [-0.2, -0.15) is 0 Å². The topological polar surface area (TPSA) is 61.4 Å². The number of carbonyl (C=O) groups excluding carboxylic acids is 2. The molecule has 114 valence electrons. The van der Waals surface area contributed by atoms with Crippen molar-refractivity contribution in [2.24, 2.45) is 0 Å². The molecular weight excluding hydrogens is 273 g/mol. The molecule has 0 saturated carbocycles. The van der Waals surface area contributed by atoms with Gasteiger partial charge in [-0.15, -0.1) is 6.58 Å². The third-order valence-electron chi connectivity index (χ3n) is 2.77. The second-order valence-corrected chi connectivity index (χ2v) is 4.48. The summed E-state index contributed by atoms with van der Waals surface area (Å²) in [5, 5.41) is 4.68. The van der Waals surface area contributed by atoms with Crippen LogP contribution in [-0.2, 0) is 11.3 Å². The van der Waals surface area contributed by atoms with Gasteiger partial charge in [-0.25, -0.2) is 9.18 Å². The highest BCUT2D eigenvalue weighted by molar-refractivity contribution is 5.95. The molecule has 1 rings (SSSR count). The Hall–Kier alpha value is -2.21. The van der Waals surface area contributed by atoms with E-state index >= 15 is 0 Å². The molecule has 6 heteroatoms. The minimum absolute atomic E-state index is 0.0640. The van der Waals surface area contributed by atoms with Crippen LogP contribution < -0.4 is 10.6 Å². The number of nitrogens with one attached hydrogen (secondary N) is 2. The molecule has 0 unspecified atom stereocenters. The first-order valence-electron chi connectivity index (χ1n) is 6.70. The van der Waals surface area contributed by atoms with Crippen molar-refractivity contribution in [3.63, 3.8) is 0 Å². The van der Waals surface area contributed by atoms with Crippen LogP contribution in [0, 0.1) is 5.82 Å². The number of carbonyl (C=O) groups is 2. The van der Waals surface area contributed by atoms with Crippen LogP contribution in [0.4, 0.5) is 9.18 Å². The summed E-state index contributed by atoms with van der Waals surface area (Å²) in [5.74, 6) is -0.716. The smallest absolute Gasteiger partial charge is 0.321 e. The number of benzene rings is 1. The number of halogens is 1. The molecule has 0 aliphatic heterocycles. The van der Waals surface area contributed by atoms with Crippen molar-refractivity contribution >= 4 is 11.9 Å². The van der Waals surface area contributed by atoms with Crippen molar-refractivity contribution in [1.82, 2.24) is 15.5 Å². The molecule has 3 amide bonds. The number of likely N-dealkylation sites (N-methyl/N-ethyl adjacent to an activating group) is 1. The minimum Gasteiger partial charge on any atom is -0.334 e. The number of hydrogen-bond donors (Lipinski definition) is 2. The van der Waals surface area contributed by atoms with Crippen LogP contribution in [0.3, 0.4) is 0 Å². The molecule has 0 aromatic heterocycles. The van der Waals surface area contributed by atoms with Gasteiger partial charge in [-0.1, -0.05) is 25.1 Å². The van der Waals surface area contributed by atoms with Gasteiger partial charge < -0.3 is 5.32 Å². The van der Waals surface area contributed by atoms with E-state index in [-0.39, 0.29) is 12.4 Å². The Bertz CT molecular complexity index is 505. The molecule has 0 bridgehead atoms. The Kier molecular flexibility index (Phi) is 7.11. The van der Waals surface area contributed by atoms with Gasteiger partial charge in [-0.05, 0) is 24.2 Å². The predicted octanol–water partition coefficient (Wildman–Crippen LogP) is 1.66. The average Bonchev–Trinajstić information content (AvgIpc) is 2.44. The maximum atomic E-state index is 13.1. The van der Waals surface area contributed by atoms with Crippen molar-refractivity contribution in [2.45, 2.75) is 13.5 Å². The van der Waals surface area contributed by atoms with Crippen LogP contribution in [0.25, 0.3) is 0 Å². The summed E-state index contributed by atoms with van der Waals surface area (Å²) < 4.78 is 13.1. The van der Waals surface area contributed by atoms with Crippen molar-refractivity contribution in [2.75, 3.05) is 19.6 Å². The van der Waals surface area contributed by atoms with Gasteiger partial charge in [0.25, 0.3) is 0 Å². The molecule has 21 heavy (non-hydrogen) atoms. The molecule has 0 aliphatic carbocycles. The lowest BCUT2D eigenvalue weighted by Crippen LogP contribution is -2.44. The maximum Gasteiger partial charge on any atom is 0.321 e. The number of nitrogens with zero attached hydrogens (tertiary/aromatic N) is 1. The number of imide groups is 1. The number of urea groups is 1. The summed E-state index contributed by atoms with van der Waals surface area (Å²) in [4.78, 5) is 24.9. The van der Waals surface area contributed by atoms with Gasteiger partial charge in [-0.3, -0.25) is 15.0 Å². The van der Waals surface area contributed by atoms with Crippen LogP contribution >= 0.6 is 0 Å². The normalized spacial score (nSPS) is 10.2. The lowest BCUT2D eigenvalue weighted by Gasteiger charge is -2.19. The monoisotopic (exact) mass is 293 g/mol. The summed E-state index contributed by atoms with van der Waals surface area (Å²) in [5.41, 5.74) is 0.778. The van der Waals surface area contributed by atoms with Crippen LogP contribution in [0.2, 0.25) is 0 Å². The highest BCUT2D eigenvalue weighted by atomic mass is 19.1. The van der Waals surface area contributed by atoms with Crippen LogP contribution in [-0.4, -0.2) is 36.5 Å². The number of rotatable bonds is 7. The van der Waals surface area contributed by atoms with Gasteiger partial charge in [0.05, 0.1) is 6.54 Å². The Balaban J connectivity index is 2.48. The summed E-state index contributed by atoms with van der Waals surface area (Å²) in [7, 11) is 0. The highest BCUT2D eigenvalue weighted by Gasteiger charge is 2.12. The molecule has 1 aromatic carbocycles. The van der Waals surface area contributed by atoms with Crippen LogP contribution in [0.15, 0.2) is 36.9 Å². The molecule has 2 N–H and O–H groups in total. The Morgan fingerprint density at radius 2 is 2.19 bits per heavy atom. The molecule has 0 atom stereocenters. The quantitative estimate of drug-likeness (QED) is 0.752. The van der Waals surface area contributed by atoms with E-state index in [1.807, 2.05) is 11.8 Å². The van der Waals surface area contributed by atoms with E-state index in [2.05, 4.69) is 17.2 Å². The molecule has 0 aliphatic rings. The fourth-order valence-corrected chi connectivity index (χ4v) is 1.75. The molecular formula is C15H20FN3O2. The van der Waals surface area contributed by atoms with E-state index < -0.39 is 11.9 Å². The Labute approximate surface area is 123 Å². The van der Waals surface area contributed by atoms with Crippen molar-refractivity contribution in [3.05, 3.63) is 48.3 Å². The van der Waals surface area contributed by atoms with Gasteiger partial charge in [0.15, 0.2) is 0 Å². The molecule has 0 radical (unpaired) electrons. The third kappa shape index (κ3) is 6.67. The lowest BCUT2D eigenvalue weighted by atomic mass is 10.2. The summed E-state index contributed by atoms with van der Waals surface area (Å²) in [6, 6.07) is 5.66. The second kappa shape index (κ2) is 8.86. The fraction of sp³-hybridized carbons (Fsp3) is 0.333. The summed E-state index contributed by atoms with van der Waals surface area (Å²) in [6.45, 7) is 6.76. The Morgan fingerprint density at radius 3 is 2.81 bits per heavy atom. The van der Waals surface area contributed by atoms with Gasteiger partial charge in [0.1, 0.15) is 5.82 Å². The van der Waals surface area contributed by atoms with Crippen molar-refractivity contribution in [3.8, 4) is 0 Å². The largest absolute Gasteiger partial charge is 0.334 e. The third-order valence-corrected chi connectivity index (χ3v) is 2.77. The van der Waals surface area contributed by atoms with Gasteiger partial charge >= 0.3 is 6.03 Å². The number of amides is 3. The van der Waals surface area contributed by atoms with E-state index in [4.69, 9.17) is 0 Å². The fourth-order valence-electron chi connectivity index (χ4n) is 1.75. The SMILES string of the molecule is C=CCNC(=O)NC(=O)CN(CC)Cc1cccc(F)c1. The van der Waals surface area contributed by atoms with E-state index in [0.717, 1.165) is 5.56 Å². The zero-order chi connectivity index (χ0) is 15.7. The zero-order valence-corrected chi connectivity index (χ0v) is 12.1. The Morgan fingerprint density at radius 1 is 1.43 bits per heavy atom. The average molecular weight is 293 g/mol. The zero-order valence-electron chi connectivity index (χ0n) is 12.1. The summed E-state index contributed by atoms with van der Waals surface area (Å²) in [6.07, 6.45) is 1.52. The van der Waals surface area contributed by atoms with E-state index in [9.17, 15) is 14.0 Å². The summed E-state index contributed by atoms with van der Waals surface area (Å²) >= 11 is 0. The van der Waals surface area contributed by atoms with Crippen LogP contribution in [0.1, 0.15) is 12.5 Å². The van der Waals surface area contributed by atoms with Crippen molar-refractivity contribution < 1.29 is 14.0 Å². The molecule has 0 fully saturated rings. The van der Waals surface area contributed by atoms with Crippen molar-refractivity contribution in [1.29, 1.82) is 0 Å². The molecule has 0 saturated heterocycles. The first kappa shape index (κ1) is 16.8. The second-order valence-electron chi connectivity index (χ2n) is 4.48. The number of hydrogen-bond acceptors (Lipinski definition) is 3.